The van der Waals surface area contributed by atoms with Gasteiger partial charge in [-0.2, -0.15) is 13.1 Å². The molecule has 8 rings (SSSR count). The molecule has 8 fully saturated rings. The highest BCUT2D eigenvalue weighted by Gasteiger charge is 2.63. The zero-order chi connectivity index (χ0) is 26.1. The molecule has 9 nitrogen and oxygen atoms in total. The van der Waals surface area contributed by atoms with Crippen LogP contribution in [0.15, 0.2) is 0 Å². The van der Waals surface area contributed by atoms with Crippen molar-refractivity contribution in [2.45, 2.75) is 99.1 Å². The number of esters is 2. The van der Waals surface area contributed by atoms with Crippen molar-refractivity contribution in [2.75, 3.05) is 13.2 Å². The molecule has 8 bridgehead atoms. The molecular weight excluding hydrogens is 514 g/mol. The van der Waals surface area contributed by atoms with Crippen molar-refractivity contribution in [3.8, 4) is 0 Å². The number of carbonyl (C=O) groups excluding carboxylic acids is 2. The van der Waals surface area contributed by atoms with Crippen LogP contribution in [0.3, 0.4) is 0 Å². The molecule has 4 unspecified atom stereocenters. The second-order valence-corrected chi connectivity index (χ2v) is 13.9. The van der Waals surface area contributed by atoms with Crippen LogP contribution in [0.2, 0.25) is 0 Å². The van der Waals surface area contributed by atoms with Crippen molar-refractivity contribution in [2.24, 2.45) is 29.1 Å². The Balaban J connectivity index is 1.08. The second kappa shape index (κ2) is 8.99. The summed E-state index contributed by atoms with van der Waals surface area (Å²) in [5.74, 6) is -0.000561. The Morgan fingerprint density at radius 2 is 1.51 bits per heavy atom. The molecule has 4 atom stereocenters. The van der Waals surface area contributed by atoms with Crippen molar-refractivity contribution < 1.29 is 52.3 Å². The Morgan fingerprint density at radius 1 is 0.919 bits per heavy atom. The maximum Gasteiger partial charge on any atom is 0.354 e. The van der Waals surface area contributed by atoms with E-state index in [2.05, 4.69) is 9.37 Å². The number of rotatable bonds is 10. The first-order valence-electron chi connectivity index (χ1n) is 13.2. The summed E-state index contributed by atoms with van der Waals surface area (Å²) >= 11 is -0.506. The fraction of sp³-hybridized carbons (Fsp3) is 0.920. The van der Waals surface area contributed by atoms with E-state index >= 15 is 0 Å². The van der Waals surface area contributed by atoms with Gasteiger partial charge in [-0.25, -0.2) is 4.79 Å². The van der Waals surface area contributed by atoms with E-state index in [-0.39, 0.29) is 18.4 Å². The van der Waals surface area contributed by atoms with E-state index in [0.717, 1.165) is 38.5 Å². The summed E-state index contributed by atoms with van der Waals surface area (Å²) in [5, 5.41) is 20.1. The molecule has 0 spiro atoms. The third kappa shape index (κ3) is 5.02. The highest BCUT2D eigenvalue weighted by atomic mass is 32.2. The largest absolute Gasteiger partial charge is 0.691 e. The summed E-state index contributed by atoms with van der Waals surface area (Å²) in [6.07, 6.45) is 8.48. The summed E-state index contributed by atoms with van der Waals surface area (Å²) < 4.78 is 48.6. The molecule has 208 valence electrons. The van der Waals surface area contributed by atoms with Gasteiger partial charge in [0.1, 0.15) is 24.3 Å². The monoisotopic (exact) mass is 547 g/mol. The van der Waals surface area contributed by atoms with E-state index in [1.165, 1.54) is 0 Å². The van der Waals surface area contributed by atoms with Crippen LogP contribution in [0.4, 0.5) is 8.78 Å². The van der Waals surface area contributed by atoms with Gasteiger partial charge in [-0.15, -0.1) is 0 Å². The van der Waals surface area contributed by atoms with Gasteiger partial charge in [0.2, 0.25) is 0 Å². The Kier molecular flexibility index (Phi) is 6.36. The minimum atomic E-state index is -3.63. The smallest absolute Gasteiger partial charge is 0.354 e. The molecule has 12 heteroatoms. The zero-order valence-electron chi connectivity index (χ0n) is 20.6. The molecule has 8 saturated carbocycles. The lowest BCUT2D eigenvalue weighted by atomic mass is 9.48. The number of hydrogen-bond acceptors (Lipinski definition) is 10. The van der Waals surface area contributed by atoms with Crippen molar-refractivity contribution in [1.82, 2.24) is 0 Å². The molecule has 8 aliphatic carbocycles. The van der Waals surface area contributed by atoms with Crippen molar-refractivity contribution >= 4 is 24.0 Å². The predicted molar refractivity (Wildman–Crippen MR) is 120 cm³/mol. The summed E-state index contributed by atoms with van der Waals surface area (Å²) in [6.45, 7) is -1.48. The van der Waals surface area contributed by atoms with Gasteiger partial charge in [0.15, 0.2) is 6.61 Å². The Morgan fingerprint density at radius 3 is 2.11 bits per heavy atom. The molecule has 0 heterocycles. The minimum absolute atomic E-state index is 0.189. The van der Waals surface area contributed by atoms with Gasteiger partial charge in [-0.1, -0.05) is 0 Å². The lowest BCUT2D eigenvalue weighted by molar-refractivity contribution is -0.777. The van der Waals surface area contributed by atoms with E-state index in [0.29, 0.717) is 50.4 Å². The van der Waals surface area contributed by atoms with Gasteiger partial charge in [0.05, 0.1) is 16.6 Å². The van der Waals surface area contributed by atoms with Crippen LogP contribution >= 0.6 is 12.0 Å². The highest BCUT2D eigenvalue weighted by molar-refractivity contribution is 7.95. The summed E-state index contributed by atoms with van der Waals surface area (Å²) in [4.78, 5) is 26.1. The molecular formula is C25H33F2O9S-. The zero-order valence-corrected chi connectivity index (χ0v) is 21.4. The molecule has 0 aromatic heterocycles. The van der Waals surface area contributed by atoms with Crippen LogP contribution in [-0.2, 0) is 33.2 Å². The molecule has 0 saturated heterocycles. The van der Waals surface area contributed by atoms with E-state index < -0.39 is 58.1 Å². The number of ether oxygens (including phenoxy) is 3. The van der Waals surface area contributed by atoms with Gasteiger partial charge < -0.3 is 24.6 Å². The van der Waals surface area contributed by atoms with Crippen LogP contribution in [0.1, 0.15) is 77.0 Å². The van der Waals surface area contributed by atoms with Gasteiger partial charge >= 0.3 is 17.2 Å². The lowest BCUT2D eigenvalue weighted by Crippen LogP contribution is -2.61. The van der Waals surface area contributed by atoms with Crippen molar-refractivity contribution in [3.05, 3.63) is 0 Å². The molecule has 0 aliphatic heterocycles. The standard InChI is InChI=1S/C25H34F2O9S/c26-25(27,37-36-35-31)14-32-20(29)21-3-15-1-16(4-21)8-23(7-15,12-21)33-11-19(28)34-24-9-17-2-18(10-24)6-22(30,5-17)13-24/h15-18,30-31H,1-14H2/p-1. The fourth-order valence-corrected chi connectivity index (χ4v) is 9.94. The van der Waals surface area contributed by atoms with Crippen LogP contribution in [0.25, 0.3) is 0 Å². The van der Waals surface area contributed by atoms with E-state index in [1.807, 2.05) is 0 Å². The van der Waals surface area contributed by atoms with Crippen molar-refractivity contribution in [3.63, 3.8) is 0 Å². The lowest BCUT2D eigenvalue weighted by Gasteiger charge is -2.60. The Labute approximate surface area is 217 Å². The van der Waals surface area contributed by atoms with Crippen LogP contribution in [0, 0.1) is 29.1 Å². The van der Waals surface area contributed by atoms with Gasteiger partial charge in [-0.05, 0) is 94.3 Å². The average molecular weight is 548 g/mol. The third-order valence-corrected chi connectivity index (χ3v) is 10.3. The second-order valence-electron chi connectivity index (χ2n) is 13.0. The molecule has 1 N–H and O–H groups in total. The number of alkyl halides is 2. The van der Waals surface area contributed by atoms with E-state index in [9.17, 15) is 28.7 Å². The molecule has 0 radical (unpaired) electrons. The van der Waals surface area contributed by atoms with Gasteiger partial charge in [0.25, 0.3) is 0 Å². The van der Waals surface area contributed by atoms with E-state index in [1.54, 1.807) is 0 Å². The quantitative estimate of drug-likeness (QED) is 0.189. The van der Waals surface area contributed by atoms with Gasteiger partial charge in [0, 0.05) is 6.42 Å². The molecule has 37 heavy (non-hydrogen) atoms. The number of aliphatic hydroxyl groups is 1. The number of hydrogen-bond donors (Lipinski definition) is 1. The summed E-state index contributed by atoms with van der Waals surface area (Å²) in [6, 6.07) is 0. The Hall–Kier alpha value is -1.05. The van der Waals surface area contributed by atoms with Crippen LogP contribution in [-0.4, -0.2) is 52.3 Å². The first kappa shape index (κ1) is 26.2. The maximum atomic E-state index is 13.8. The van der Waals surface area contributed by atoms with E-state index in [4.69, 9.17) is 14.2 Å². The van der Waals surface area contributed by atoms with Crippen LogP contribution in [0.5, 0.6) is 0 Å². The molecule has 0 amide bonds. The maximum absolute atomic E-state index is 13.8. The normalized spacial score (nSPS) is 45.3. The first-order valence-corrected chi connectivity index (χ1v) is 13.9. The highest BCUT2D eigenvalue weighted by Crippen LogP contribution is 2.63. The fourth-order valence-electron chi connectivity index (χ4n) is 9.71. The topological polar surface area (TPSA) is 124 Å². The van der Waals surface area contributed by atoms with Gasteiger partial charge in [-0.3, -0.25) is 9.83 Å². The SMILES string of the molecule is O=C(COC12CC3CC(C1)CC(C(=O)OCC(F)(F)SOO[O-])(C3)C2)OC12CC3CC(CC(O)(C3)C1)C2. The Bertz CT molecular complexity index is 917. The first-order chi connectivity index (χ1) is 17.4. The molecule has 8 aliphatic rings. The molecule has 0 aromatic carbocycles. The summed E-state index contributed by atoms with van der Waals surface area (Å²) in [5.41, 5.74) is -2.98. The minimum Gasteiger partial charge on any atom is -0.691 e. The number of carbonyl (C=O) groups is 2. The number of halogens is 2. The third-order valence-electron chi connectivity index (χ3n) is 9.80. The summed E-state index contributed by atoms with van der Waals surface area (Å²) in [7, 11) is 0. The van der Waals surface area contributed by atoms with Crippen LogP contribution < -0.4 is 5.26 Å². The van der Waals surface area contributed by atoms with Crippen molar-refractivity contribution in [1.29, 1.82) is 0 Å². The predicted octanol–water partition coefficient (Wildman–Crippen LogP) is 2.98. The molecule has 0 aromatic rings. The average Bonchev–Trinajstić information content (AvgIpc) is 2.77.